The first-order valence-electron chi connectivity index (χ1n) is 7.18. The summed E-state index contributed by atoms with van der Waals surface area (Å²) in [4.78, 5) is 30.4. The second-order valence-corrected chi connectivity index (χ2v) is 6.42. The zero-order valence-electron chi connectivity index (χ0n) is 12.2. The number of rotatable bonds is 4. The van der Waals surface area contributed by atoms with Gasteiger partial charge in [-0.25, -0.2) is 14.8 Å². The maximum atomic E-state index is 12.1. The minimum atomic E-state index is -1.17. The summed E-state index contributed by atoms with van der Waals surface area (Å²) in [6.45, 7) is 0.503. The normalized spacial score (nSPS) is 16.4. The molecular weight excluding hydrogens is 314 g/mol. The molecule has 3 rings (SSSR count). The number of nitrogens with one attached hydrogen (secondary N) is 1. The Labute approximate surface area is 137 Å². The van der Waals surface area contributed by atoms with Crippen molar-refractivity contribution in [2.24, 2.45) is 0 Å². The highest BCUT2D eigenvalue weighted by molar-refractivity contribution is 7.99. The van der Waals surface area contributed by atoms with Gasteiger partial charge in [0.1, 0.15) is 5.69 Å². The molecule has 0 spiro atoms. The van der Waals surface area contributed by atoms with Gasteiger partial charge in [0.25, 0.3) is 5.91 Å². The van der Waals surface area contributed by atoms with Gasteiger partial charge in [0.2, 0.25) is 0 Å². The number of hydrogen-bond acceptors (Lipinski definition) is 5. The molecule has 1 aliphatic rings. The van der Waals surface area contributed by atoms with Crippen molar-refractivity contribution in [2.75, 3.05) is 12.3 Å². The minimum absolute atomic E-state index is 0.115. The number of carboxylic acids is 1. The van der Waals surface area contributed by atoms with E-state index in [1.807, 2.05) is 23.9 Å². The number of nitrogens with zero attached hydrogens (tertiary/aromatic N) is 2. The third kappa shape index (κ3) is 3.50. The molecule has 0 bridgehead atoms. The largest absolute Gasteiger partial charge is 0.476 e. The number of carbonyl (C=O) groups is 2. The maximum Gasteiger partial charge on any atom is 0.356 e. The second kappa shape index (κ2) is 6.78. The van der Waals surface area contributed by atoms with Crippen LogP contribution < -0.4 is 5.32 Å². The molecule has 2 N–H and O–H groups in total. The van der Waals surface area contributed by atoms with Gasteiger partial charge in [-0.15, -0.1) is 0 Å². The summed E-state index contributed by atoms with van der Waals surface area (Å²) in [6.07, 6.45) is 3.32. The molecule has 1 aliphatic heterocycles. The van der Waals surface area contributed by atoms with Crippen LogP contribution in [0, 0.1) is 0 Å². The van der Waals surface area contributed by atoms with E-state index >= 15 is 0 Å². The predicted octanol–water partition coefficient (Wildman–Crippen LogP) is 1.94. The standard InChI is InChI=1S/C16H15N3O3S/c20-15(12-7-18-13(8-17-12)16(21)22)19-9-14-11-4-2-1-3-10(11)5-6-23-14/h1-4,7-8,14H,5-6,9H2,(H,19,20)(H,21,22). The van der Waals surface area contributed by atoms with Crippen LogP contribution in [0.5, 0.6) is 0 Å². The van der Waals surface area contributed by atoms with E-state index < -0.39 is 5.97 Å². The Bertz CT molecular complexity index is 734. The van der Waals surface area contributed by atoms with Crippen molar-refractivity contribution >= 4 is 23.6 Å². The maximum absolute atomic E-state index is 12.1. The Morgan fingerprint density at radius 2 is 1.96 bits per heavy atom. The van der Waals surface area contributed by atoms with Crippen molar-refractivity contribution in [2.45, 2.75) is 11.7 Å². The van der Waals surface area contributed by atoms with E-state index in [-0.39, 0.29) is 22.5 Å². The van der Waals surface area contributed by atoms with Crippen molar-refractivity contribution in [1.82, 2.24) is 15.3 Å². The van der Waals surface area contributed by atoms with E-state index in [0.717, 1.165) is 18.4 Å². The third-order valence-corrected chi connectivity index (χ3v) is 4.91. The van der Waals surface area contributed by atoms with Crippen molar-refractivity contribution in [3.8, 4) is 0 Å². The fourth-order valence-corrected chi connectivity index (χ4v) is 3.71. The van der Waals surface area contributed by atoms with Crippen molar-refractivity contribution in [3.63, 3.8) is 0 Å². The molecule has 1 aromatic carbocycles. The molecule has 1 aromatic heterocycles. The van der Waals surface area contributed by atoms with Gasteiger partial charge in [-0.05, 0) is 23.3 Å². The Balaban J connectivity index is 1.64. The van der Waals surface area contributed by atoms with Gasteiger partial charge in [-0.1, -0.05) is 24.3 Å². The monoisotopic (exact) mass is 329 g/mol. The van der Waals surface area contributed by atoms with Crippen molar-refractivity contribution in [1.29, 1.82) is 0 Å². The van der Waals surface area contributed by atoms with E-state index in [1.165, 1.54) is 17.3 Å². The zero-order chi connectivity index (χ0) is 16.2. The molecule has 7 heteroatoms. The molecule has 0 saturated carbocycles. The van der Waals surface area contributed by atoms with Gasteiger partial charge in [-0.3, -0.25) is 4.79 Å². The molecule has 0 radical (unpaired) electrons. The van der Waals surface area contributed by atoms with Crippen molar-refractivity contribution < 1.29 is 14.7 Å². The van der Waals surface area contributed by atoms with E-state index in [2.05, 4.69) is 27.4 Å². The highest BCUT2D eigenvalue weighted by atomic mass is 32.2. The van der Waals surface area contributed by atoms with Crippen LogP contribution in [0.2, 0.25) is 0 Å². The molecule has 0 saturated heterocycles. The molecule has 0 aliphatic carbocycles. The zero-order valence-corrected chi connectivity index (χ0v) is 13.0. The predicted molar refractivity (Wildman–Crippen MR) is 86.7 cm³/mol. The van der Waals surface area contributed by atoms with Gasteiger partial charge >= 0.3 is 5.97 Å². The molecule has 6 nitrogen and oxygen atoms in total. The lowest BCUT2D eigenvalue weighted by Gasteiger charge is -2.25. The van der Waals surface area contributed by atoms with Gasteiger partial charge in [0.05, 0.1) is 12.4 Å². The number of aryl methyl sites for hydroxylation is 1. The van der Waals surface area contributed by atoms with Gasteiger partial charge in [-0.2, -0.15) is 11.8 Å². The molecule has 2 heterocycles. The SMILES string of the molecule is O=C(O)c1cnc(C(=O)NCC2SCCc3ccccc32)cn1. The summed E-state index contributed by atoms with van der Waals surface area (Å²) in [5.74, 6) is -0.484. The topological polar surface area (TPSA) is 92.2 Å². The summed E-state index contributed by atoms with van der Waals surface area (Å²) in [7, 11) is 0. The smallest absolute Gasteiger partial charge is 0.356 e. The summed E-state index contributed by atoms with van der Waals surface area (Å²) in [5.41, 5.74) is 2.52. The summed E-state index contributed by atoms with van der Waals surface area (Å²) < 4.78 is 0. The molecule has 118 valence electrons. The van der Waals surface area contributed by atoms with Crippen LogP contribution in [0.4, 0.5) is 0 Å². The summed E-state index contributed by atoms with van der Waals surface area (Å²) in [6, 6.07) is 8.26. The van der Waals surface area contributed by atoms with Crippen LogP contribution in [0.3, 0.4) is 0 Å². The van der Waals surface area contributed by atoms with Crippen molar-refractivity contribution in [3.05, 3.63) is 59.2 Å². The van der Waals surface area contributed by atoms with Gasteiger partial charge < -0.3 is 10.4 Å². The van der Waals surface area contributed by atoms with E-state index in [1.54, 1.807) is 0 Å². The number of carbonyl (C=O) groups excluding carboxylic acids is 1. The van der Waals surface area contributed by atoms with Crippen LogP contribution in [-0.2, 0) is 6.42 Å². The highest BCUT2D eigenvalue weighted by Crippen LogP contribution is 2.35. The second-order valence-electron chi connectivity index (χ2n) is 5.11. The molecule has 2 aromatic rings. The number of amides is 1. The number of hydrogen-bond donors (Lipinski definition) is 2. The fraction of sp³-hybridized carbons (Fsp3) is 0.250. The number of thioether (sulfide) groups is 1. The average Bonchev–Trinajstić information content (AvgIpc) is 2.59. The van der Waals surface area contributed by atoms with Crippen LogP contribution in [-0.4, -0.2) is 39.2 Å². The van der Waals surface area contributed by atoms with Crippen LogP contribution >= 0.6 is 11.8 Å². The quantitative estimate of drug-likeness (QED) is 0.890. The number of aromatic nitrogens is 2. The number of carboxylic acid groups (broad SMARTS) is 1. The Hall–Kier alpha value is -2.41. The van der Waals surface area contributed by atoms with Crippen LogP contribution in [0.15, 0.2) is 36.7 Å². The number of fused-ring (bicyclic) bond motifs is 1. The Morgan fingerprint density at radius 1 is 1.22 bits per heavy atom. The highest BCUT2D eigenvalue weighted by Gasteiger charge is 2.21. The van der Waals surface area contributed by atoms with E-state index in [4.69, 9.17) is 5.11 Å². The molecule has 1 atom stereocenters. The lowest BCUT2D eigenvalue weighted by molar-refractivity contribution is 0.0689. The van der Waals surface area contributed by atoms with Gasteiger partial charge in [0.15, 0.2) is 5.69 Å². The first kappa shape index (κ1) is 15.5. The molecule has 1 unspecified atom stereocenters. The number of benzene rings is 1. The first-order valence-corrected chi connectivity index (χ1v) is 8.23. The lowest BCUT2D eigenvalue weighted by Crippen LogP contribution is -2.29. The Kier molecular flexibility index (Phi) is 4.57. The fourth-order valence-electron chi connectivity index (χ4n) is 2.48. The molecule has 0 fully saturated rings. The van der Waals surface area contributed by atoms with E-state index in [0.29, 0.717) is 6.54 Å². The van der Waals surface area contributed by atoms with Gasteiger partial charge in [0, 0.05) is 11.8 Å². The minimum Gasteiger partial charge on any atom is -0.476 e. The molecule has 1 amide bonds. The third-order valence-electron chi connectivity index (χ3n) is 3.64. The van der Waals surface area contributed by atoms with Crippen LogP contribution in [0.25, 0.3) is 0 Å². The Morgan fingerprint density at radius 3 is 2.70 bits per heavy atom. The molecule has 23 heavy (non-hydrogen) atoms. The average molecular weight is 329 g/mol. The molecular formula is C16H15N3O3S. The van der Waals surface area contributed by atoms with Crippen LogP contribution in [0.1, 0.15) is 37.4 Å². The summed E-state index contributed by atoms with van der Waals surface area (Å²) >= 11 is 1.82. The van der Waals surface area contributed by atoms with E-state index in [9.17, 15) is 9.59 Å². The summed E-state index contributed by atoms with van der Waals surface area (Å²) in [5, 5.41) is 11.8. The lowest BCUT2D eigenvalue weighted by atomic mass is 10.0. The first-order chi connectivity index (χ1) is 11.1. The number of aromatic carboxylic acids is 1.